The first kappa shape index (κ1) is 16.1. The maximum Gasteiger partial charge on any atom is 0.235 e. The zero-order valence-electron chi connectivity index (χ0n) is 12.1. The van der Waals surface area contributed by atoms with Crippen molar-refractivity contribution in [2.45, 2.75) is 20.3 Å². The molecule has 1 heterocycles. The minimum atomic E-state index is -3.17. The van der Waals surface area contributed by atoms with E-state index >= 15 is 0 Å². The van der Waals surface area contributed by atoms with Crippen molar-refractivity contribution in [3.8, 4) is 0 Å². The van der Waals surface area contributed by atoms with Crippen LogP contribution < -0.4 is 9.62 Å². The molecule has 2 rings (SSSR count). The Kier molecular flexibility index (Phi) is 4.49. The Hall–Kier alpha value is -1.27. The standard InChI is InChI=1S/C14H19ClN2O3S/c1-14(2,10-15)13(18)16-11-4-6-12(7-5-11)17-8-3-9-21(17,19)20/h4-7H,3,8-10H2,1-2H3,(H,16,18). The van der Waals surface area contributed by atoms with Crippen LogP contribution in [0.5, 0.6) is 0 Å². The van der Waals surface area contributed by atoms with Gasteiger partial charge in [-0.1, -0.05) is 0 Å². The van der Waals surface area contributed by atoms with E-state index < -0.39 is 15.4 Å². The number of nitrogens with one attached hydrogen (secondary N) is 1. The van der Waals surface area contributed by atoms with E-state index in [1.54, 1.807) is 38.1 Å². The molecule has 0 radical (unpaired) electrons. The van der Waals surface area contributed by atoms with E-state index in [1.807, 2.05) is 0 Å². The molecule has 0 spiro atoms. The maximum atomic E-state index is 12.0. The number of anilines is 2. The molecule has 7 heteroatoms. The van der Waals surface area contributed by atoms with Crippen molar-refractivity contribution in [2.75, 3.05) is 27.8 Å². The average Bonchev–Trinajstić information content (AvgIpc) is 2.79. The van der Waals surface area contributed by atoms with Gasteiger partial charge in [0.25, 0.3) is 0 Å². The highest BCUT2D eigenvalue weighted by Crippen LogP contribution is 2.26. The number of benzene rings is 1. The third-order valence-electron chi connectivity index (χ3n) is 3.46. The van der Waals surface area contributed by atoms with E-state index in [-0.39, 0.29) is 17.5 Å². The Labute approximate surface area is 130 Å². The van der Waals surface area contributed by atoms with Crippen LogP contribution in [-0.2, 0) is 14.8 Å². The van der Waals surface area contributed by atoms with Gasteiger partial charge in [0.05, 0.1) is 16.9 Å². The summed E-state index contributed by atoms with van der Waals surface area (Å²) in [6, 6.07) is 6.80. The summed E-state index contributed by atoms with van der Waals surface area (Å²) in [5.41, 5.74) is 0.596. The topological polar surface area (TPSA) is 66.5 Å². The number of hydrogen-bond acceptors (Lipinski definition) is 3. The molecule has 0 aromatic heterocycles. The van der Waals surface area contributed by atoms with Gasteiger partial charge in [0, 0.05) is 18.1 Å². The van der Waals surface area contributed by atoms with Gasteiger partial charge in [-0.15, -0.1) is 11.6 Å². The fraction of sp³-hybridized carbons (Fsp3) is 0.500. The van der Waals surface area contributed by atoms with Crippen LogP contribution in [0.15, 0.2) is 24.3 Å². The lowest BCUT2D eigenvalue weighted by molar-refractivity contribution is -0.122. The van der Waals surface area contributed by atoms with Gasteiger partial charge < -0.3 is 5.32 Å². The van der Waals surface area contributed by atoms with E-state index in [1.165, 1.54) is 4.31 Å². The first-order chi connectivity index (χ1) is 9.76. The maximum absolute atomic E-state index is 12.0. The normalized spacial score (nSPS) is 17.8. The van der Waals surface area contributed by atoms with Crippen LogP contribution in [0, 0.1) is 5.41 Å². The second-order valence-corrected chi connectivity index (χ2v) is 8.04. The van der Waals surface area contributed by atoms with E-state index in [2.05, 4.69) is 5.32 Å². The number of amides is 1. The van der Waals surface area contributed by atoms with Crippen molar-refractivity contribution in [1.29, 1.82) is 0 Å². The molecule has 1 fully saturated rings. The zero-order valence-corrected chi connectivity index (χ0v) is 13.7. The summed E-state index contributed by atoms with van der Waals surface area (Å²) < 4.78 is 25.1. The average molecular weight is 331 g/mol. The Balaban J connectivity index is 2.11. The van der Waals surface area contributed by atoms with E-state index in [9.17, 15) is 13.2 Å². The SMILES string of the molecule is CC(C)(CCl)C(=O)Nc1ccc(N2CCCS2(=O)=O)cc1. The van der Waals surface area contributed by atoms with Gasteiger partial charge in [-0.2, -0.15) is 0 Å². The quantitative estimate of drug-likeness (QED) is 0.862. The molecule has 1 saturated heterocycles. The molecule has 0 aliphatic carbocycles. The van der Waals surface area contributed by atoms with Crippen LogP contribution in [0.2, 0.25) is 0 Å². The van der Waals surface area contributed by atoms with Crippen molar-refractivity contribution < 1.29 is 13.2 Å². The van der Waals surface area contributed by atoms with Crippen molar-refractivity contribution in [3.05, 3.63) is 24.3 Å². The van der Waals surface area contributed by atoms with Crippen LogP contribution in [0.4, 0.5) is 11.4 Å². The van der Waals surface area contributed by atoms with Gasteiger partial charge in [0.2, 0.25) is 15.9 Å². The number of nitrogens with zero attached hydrogens (tertiary/aromatic N) is 1. The van der Waals surface area contributed by atoms with Gasteiger partial charge in [0.15, 0.2) is 0 Å². The molecule has 1 aromatic carbocycles. The fourth-order valence-electron chi connectivity index (χ4n) is 2.00. The number of carbonyl (C=O) groups excluding carboxylic acids is 1. The second kappa shape index (κ2) is 5.85. The first-order valence-corrected chi connectivity index (χ1v) is 8.88. The van der Waals surface area contributed by atoms with Crippen molar-refractivity contribution in [1.82, 2.24) is 0 Å². The molecular formula is C14H19ClN2O3S. The summed E-state index contributed by atoms with van der Waals surface area (Å²) in [4.78, 5) is 12.0. The number of alkyl halides is 1. The molecular weight excluding hydrogens is 312 g/mol. The summed E-state index contributed by atoms with van der Waals surface area (Å²) in [7, 11) is -3.17. The molecule has 1 amide bonds. The predicted molar refractivity (Wildman–Crippen MR) is 85.3 cm³/mol. The molecule has 1 aliphatic heterocycles. The second-order valence-electron chi connectivity index (χ2n) is 5.76. The third-order valence-corrected chi connectivity index (χ3v) is 6.00. The van der Waals surface area contributed by atoms with Gasteiger partial charge in [0.1, 0.15) is 0 Å². The third kappa shape index (κ3) is 3.49. The van der Waals surface area contributed by atoms with Gasteiger partial charge in [-0.3, -0.25) is 9.10 Å². The minimum absolute atomic E-state index is 0.168. The van der Waals surface area contributed by atoms with E-state index in [0.29, 0.717) is 24.3 Å². The molecule has 21 heavy (non-hydrogen) atoms. The molecule has 0 atom stereocenters. The lowest BCUT2D eigenvalue weighted by atomic mass is 9.95. The highest BCUT2D eigenvalue weighted by atomic mass is 35.5. The van der Waals surface area contributed by atoms with Gasteiger partial charge >= 0.3 is 0 Å². The summed E-state index contributed by atoms with van der Waals surface area (Å²) in [6.07, 6.45) is 0.644. The smallest absolute Gasteiger partial charge is 0.235 e. The number of hydrogen-bond donors (Lipinski definition) is 1. The Bertz CT molecular complexity index is 626. The first-order valence-electron chi connectivity index (χ1n) is 6.74. The number of carbonyl (C=O) groups is 1. The van der Waals surface area contributed by atoms with Crippen LogP contribution in [-0.4, -0.2) is 32.5 Å². The van der Waals surface area contributed by atoms with Gasteiger partial charge in [-0.25, -0.2) is 8.42 Å². The monoisotopic (exact) mass is 330 g/mol. The Morgan fingerprint density at radius 2 is 1.95 bits per heavy atom. The Morgan fingerprint density at radius 1 is 1.33 bits per heavy atom. The molecule has 1 N–H and O–H groups in total. The van der Waals surface area contributed by atoms with Crippen LogP contribution in [0.1, 0.15) is 20.3 Å². The zero-order chi connectivity index (χ0) is 15.7. The molecule has 5 nitrogen and oxygen atoms in total. The summed E-state index contributed by atoms with van der Waals surface area (Å²) in [5.74, 6) is 0.247. The predicted octanol–water partition coefficient (Wildman–Crippen LogP) is 2.43. The summed E-state index contributed by atoms with van der Waals surface area (Å²) in [5, 5.41) is 2.78. The summed E-state index contributed by atoms with van der Waals surface area (Å²) >= 11 is 5.76. The van der Waals surface area contributed by atoms with E-state index in [4.69, 9.17) is 11.6 Å². The molecule has 0 unspecified atom stereocenters. The number of halogens is 1. The van der Waals surface area contributed by atoms with Crippen molar-refractivity contribution >= 4 is 38.9 Å². The van der Waals surface area contributed by atoms with Crippen molar-refractivity contribution in [2.24, 2.45) is 5.41 Å². The van der Waals surface area contributed by atoms with Crippen LogP contribution in [0.25, 0.3) is 0 Å². The van der Waals surface area contributed by atoms with Crippen LogP contribution in [0.3, 0.4) is 0 Å². The molecule has 1 aliphatic rings. The highest BCUT2D eigenvalue weighted by Gasteiger charge is 2.29. The van der Waals surface area contributed by atoms with Gasteiger partial charge in [-0.05, 0) is 44.5 Å². The highest BCUT2D eigenvalue weighted by molar-refractivity contribution is 7.93. The van der Waals surface area contributed by atoms with Crippen molar-refractivity contribution in [3.63, 3.8) is 0 Å². The number of rotatable bonds is 4. The Morgan fingerprint density at radius 3 is 2.43 bits per heavy atom. The molecule has 0 saturated carbocycles. The lowest BCUT2D eigenvalue weighted by Crippen LogP contribution is -2.32. The molecule has 116 valence electrons. The molecule has 1 aromatic rings. The molecule has 0 bridgehead atoms. The largest absolute Gasteiger partial charge is 0.326 e. The van der Waals surface area contributed by atoms with E-state index in [0.717, 1.165) is 0 Å². The van der Waals surface area contributed by atoms with Crippen LogP contribution >= 0.6 is 11.6 Å². The number of sulfonamides is 1. The minimum Gasteiger partial charge on any atom is -0.326 e. The lowest BCUT2D eigenvalue weighted by Gasteiger charge is -2.21. The fourth-order valence-corrected chi connectivity index (χ4v) is 3.69. The summed E-state index contributed by atoms with van der Waals surface area (Å²) in [6.45, 7) is 4.04.